The third-order valence-corrected chi connectivity index (χ3v) is 2.79. The molecular weight excluding hydrogens is 186 g/mol. The SMILES string of the molecule is C#CCN1CCN(CCCCC#N)CC1. The number of hydrogen-bond acceptors (Lipinski definition) is 3. The molecule has 15 heavy (non-hydrogen) atoms. The Balaban J connectivity index is 2.05. The van der Waals surface area contributed by atoms with Crippen LogP contribution in [0.5, 0.6) is 0 Å². The van der Waals surface area contributed by atoms with Crippen molar-refractivity contribution in [2.45, 2.75) is 19.3 Å². The summed E-state index contributed by atoms with van der Waals surface area (Å²) in [6.45, 7) is 6.32. The van der Waals surface area contributed by atoms with Crippen molar-refractivity contribution < 1.29 is 0 Å². The predicted molar refractivity (Wildman–Crippen MR) is 61.2 cm³/mol. The summed E-state index contributed by atoms with van der Waals surface area (Å²) in [4.78, 5) is 4.77. The molecule has 0 aromatic carbocycles. The number of rotatable bonds is 5. The number of nitrogens with zero attached hydrogens (tertiary/aromatic N) is 3. The molecule has 3 nitrogen and oxygen atoms in total. The van der Waals surface area contributed by atoms with E-state index in [4.69, 9.17) is 11.7 Å². The van der Waals surface area contributed by atoms with Crippen molar-refractivity contribution in [2.75, 3.05) is 39.3 Å². The van der Waals surface area contributed by atoms with Crippen molar-refractivity contribution in [3.05, 3.63) is 0 Å². The van der Waals surface area contributed by atoms with Gasteiger partial charge in [0.1, 0.15) is 0 Å². The number of nitriles is 1. The summed E-state index contributed by atoms with van der Waals surface area (Å²) in [5.74, 6) is 2.68. The first kappa shape index (κ1) is 12.0. The number of unbranched alkanes of at least 4 members (excludes halogenated alkanes) is 2. The van der Waals surface area contributed by atoms with Crippen LogP contribution in [-0.2, 0) is 0 Å². The Bertz CT molecular complexity index is 238. The van der Waals surface area contributed by atoms with Crippen LogP contribution in [0.4, 0.5) is 0 Å². The van der Waals surface area contributed by atoms with E-state index in [1.54, 1.807) is 0 Å². The lowest BCUT2D eigenvalue weighted by Gasteiger charge is -2.33. The second-order valence-electron chi connectivity index (χ2n) is 3.94. The maximum absolute atomic E-state index is 8.41. The molecule has 0 bridgehead atoms. The van der Waals surface area contributed by atoms with E-state index < -0.39 is 0 Å². The van der Waals surface area contributed by atoms with E-state index in [2.05, 4.69) is 21.8 Å². The highest BCUT2D eigenvalue weighted by Crippen LogP contribution is 2.03. The van der Waals surface area contributed by atoms with Crippen LogP contribution in [0.25, 0.3) is 0 Å². The minimum Gasteiger partial charge on any atom is -0.301 e. The van der Waals surface area contributed by atoms with Crippen LogP contribution >= 0.6 is 0 Å². The van der Waals surface area contributed by atoms with E-state index >= 15 is 0 Å². The van der Waals surface area contributed by atoms with Gasteiger partial charge in [-0.3, -0.25) is 4.90 Å². The Labute approximate surface area is 92.7 Å². The molecule has 0 radical (unpaired) electrons. The normalized spacial score (nSPS) is 18.3. The van der Waals surface area contributed by atoms with Gasteiger partial charge < -0.3 is 4.90 Å². The van der Waals surface area contributed by atoms with Crippen molar-refractivity contribution in [3.8, 4) is 18.4 Å². The monoisotopic (exact) mass is 205 g/mol. The fourth-order valence-corrected chi connectivity index (χ4v) is 1.84. The van der Waals surface area contributed by atoms with Gasteiger partial charge in [-0.15, -0.1) is 6.42 Å². The molecule has 0 N–H and O–H groups in total. The molecule has 1 saturated heterocycles. The summed E-state index contributed by atoms with van der Waals surface area (Å²) in [6.07, 6.45) is 8.13. The Morgan fingerprint density at radius 1 is 1.07 bits per heavy atom. The van der Waals surface area contributed by atoms with E-state index in [-0.39, 0.29) is 0 Å². The van der Waals surface area contributed by atoms with Gasteiger partial charge in [-0.2, -0.15) is 5.26 Å². The number of terminal acetylenes is 1. The molecule has 0 amide bonds. The lowest BCUT2D eigenvalue weighted by molar-refractivity contribution is 0.142. The molecule has 82 valence electrons. The fraction of sp³-hybridized carbons (Fsp3) is 0.750. The third kappa shape index (κ3) is 4.83. The molecule has 0 aromatic heterocycles. The van der Waals surface area contributed by atoms with E-state index in [9.17, 15) is 0 Å². The Morgan fingerprint density at radius 3 is 2.33 bits per heavy atom. The van der Waals surface area contributed by atoms with E-state index in [1.165, 1.54) is 0 Å². The molecule has 1 fully saturated rings. The van der Waals surface area contributed by atoms with Crippen LogP contribution in [0.1, 0.15) is 19.3 Å². The predicted octanol–water partition coefficient (Wildman–Crippen LogP) is 0.931. The molecule has 0 aliphatic carbocycles. The molecular formula is C12H19N3. The Kier molecular flexibility index (Phi) is 5.85. The molecule has 0 aromatic rings. The summed E-state index contributed by atoms with van der Waals surface area (Å²) >= 11 is 0. The minimum atomic E-state index is 0.692. The molecule has 0 saturated carbocycles. The highest BCUT2D eigenvalue weighted by molar-refractivity contribution is 4.89. The second kappa shape index (κ2) is 7.29. The summed E-state index contributed by atoms with van der Waals surface area (Å²) in [6, 6.07) is 2.18. The zero-order valence-electron chi connectivity index (χ0n) is 9.28. The van der Waals surface area contributed by atoms with Crippen molar-refractivity contribution in [3.63, 3.8) is 0 Å². The molecule has 3 heteroatoms. The zero-order valence-corrected chi connectivity index (χ0v) is 9.28. The average molecular weight is 205 g/mol. The van der Waals surface area contributed by atoms with Crippen LogP contribution in [0.15, 0.2) is 0 Å². The Hall–Kier alpha value is -1.03. The average Bonchev–Trinajstić information content (AvgIpc) is 2.27. The van der Waals surface area contributed by atoms with Crippen LogP contribution < -0.4 is 0 Å². The van der Waals surface area contributed by atoms with Gasteiger partial charge >= 0.3 is 0 Å². The first-order valence-electron chi connectivity index (χ1n) is 5.62. The molecule has 1 aliphatic heterocycles. The summed E-state index contributed by atoms with van der Waals surface area (Å²) in [5.41, 5.74) is 0. The van der Waals surface area contributed by atoms with Gasteiger partial charge in [0, 0.05) is 32.6 Å². The summed E-state index contributed by atoms with van der Waals surface area (Å²) in [5, 5.41) is 8.41. The lowest BCUT2D eigenvalue weighted by Crippen LogP contribution is -2.46. The van der Waals surface area contributed by atoms with Gasteiger partial charge in [0.2, 0.25) is 0 Å². The van der Waals surface area contributed by atoms with Crippen LogP contribution in [0.3, 0.4) is 0 Å². The van der Waals surface area contributed by atoms with Gasteiger partial charge in [0.25, 0.3) is 0 Å². The van der Waals surface area contributed by atoms with Gasteiger partial charge in [-0.05, 0) is 19.4 Å². The maximum atomic E-state index is 8.41. The molecule has 0 spiro atoms. The smallest absolute Gasteiger partial charge is 0.0621 e. The van der Waals surface area contributed by atoms with Gasteiger partial charge in [-0.25, -0.2) is 0 Å². The Morgan fingerprint density at radius 2 is 1.73 bits per heavy atom. The lowest BCUT2D eigenvalue weighted by atomic mass is 10.2. The third-order valence-electron chi connectivity index (χ3n) is 2.79. The second-order valence-corrected chi connectivity index (χ2v) is 3.94. The number of hydrogen-bond donors (Lipinski definition) is 0. The topological polar surface area (TPSA) is 30.3 Å². The first-order chi connectivity index (χ1) is 7.36. The molecule has 0 unspecified atom stereocenters. The molecule has 1 rings (SSSR count). The van der Waals surface area contributed by atoms with Gasteiger partial charge in [0.15, 0.2) is 0 Å². The van der Waals surface area contributed by atoms with Crippen molar-refractivity contribution >= 4 is 0 Å². The van der Waals surface area contributed by atoms with Crippen LogP contribution in [-0.4, -0.2) is 49.1 Å². The quantitative estimate of drug-likeness (QED) is 0.494. The van der Waals surface area contributed by atoms with Crippen molar-refractivity contribution in [2.24, 2.45) is 0 Å². The maximum Gasteiger partial charge on any atom is 0.0621 e. The van der Waals surface area contributed by atoms with Crippen LogP contribution in [0.2, 0.25) is 0 Å². The highest BCUT2D eigenvalue weighted by Gasteiger charge is 2.14. The van der Waals surface area contributed by atoms with Crippen molar-refractivity contribution in [1.82, 2.24) is 9.80 Å². The van der Waals surface area contributed by atoms with Gasteiger partial charge in [-0.1, -0.05) is 5.92 Å². The number of piperazine rings is 1. The minimum absolute atomic E-state index is 0.692. The fourth-order valence-electron chi connectivity index (χ4n) is 1.84. The zero-order chi connectivity index (χ0) is 10.9. The van der Waals surface area contributed by atoms with Gasteiger partial charge in [0.05, 0.1) is 12.6 Å². The molecule has 1 aliphatic rings. The largest absolute Gasteiger partial charge is 0.301 e. The van der Waals surface area contributed by atoms with E-state index in [1.807, 2.05) is 0 Å². The molecule has 0 atom stereocenters. The summed E-state index contributed by atoms with van der Waals surface area (Å²) in [7, 11) is 0. The molecule has 1 heterocycles. The first-order valence-corrected chi connectivity index (χ1v) is 5.62. The van der Waals surface area contributed by atoms with Crippen molar-refractivity contribution in [1.29, 1.82) is 5.26 Å². The van der Waals surface area contributed by atoms with Crippen LogP contribution in [0, 0.1) is 23.7 Å². The standard InChI is InChI=1S/C12H19N3/c1-2-7-14-9-11-15(12-10-14)8-5-3-4-6-13/h1H,3-5,7-12H2. The van der Waals surface area contributed by atoms with E-state index in [0.717, 1.165) is 52.1 Å². The van der Waals surface area contributed by atoms with E-state index in [0.29, 0.717) is 6.42 Å². The summed E-state index contributed by atoms with van der Waals surface area (Å²) < 4.78 is 0. The highest BCUT2D eigenvalue weighted by atomic mass is 15.3.